The van der Waals surface area contributed by atoms with Crippen LogP contribution in [-0.4, -0.2) is 12.1 Å². The molecule has 4 bridgehead atoms. The first-order valence-corrected chi connectivity index (χ1v) is 3.68. The van der Waals surface area contributed by atoms with E-state index in [1.807, 2.05) is 0 Å². The highest BCUT2D eigenvalue weighted by atomic mass is 16.6. The van der Waals surface area contributed by atoms with Crippen LogP contribution in [0.4, 0.5) is 0 Å². The first-order chi connectivity index (χ1) is 4.79. The molecule has 3 aliphatic carbocycles. The Balaban J connectivity index is 2.11. The van der Waals surface area contributed by atoms with Crippen LogP contribution in [-0.2, 0) is 9.53 Å². The minimum Gasteiger partial charge on any atom is -0.461 e. The van der Waals surface area contributed by atoms with E-state index >= 15 is 0 Å². The summed E-state index contributed by atoms with van der Waals surface area (Å²) in [6.45, 7) is 3.93. The first-order valence-electron chi connectivity index (χ1n) is 3.68. The van der Waals surface area contributed by atoms with Crippen molar-refractivity contribution >= 4 is 5.97 Å². The lowest BCUT2D eigenvalue weighted by Crippen LogP contribution is -2.33. The maximum atomic E-state index is 11.0. The number of carbonyl (C=O) groups excluding carboxylic acids is 1. The molecule has 52 valence electrons. The predicted molar refractivity (Wildman–Crippen MR) is 34.1 cm³/mol. The van der Waals surface area contributed by atoms with Gasteiger partial charge in [0.25, 0.3) is 0 Å². The van der Waals surface area contributed by atoms with Gasteiger partial charge in [-0.25, -0.2) is 0 Å². The molecule has 0 N–H and O–H groups in total. The van der Waals surface area contributed by atoms with Crippen molar-refractivity contribution in [2.24, 2.45) is 17.8 Å². The lowest BCUT2D eigenvalue weighted by Gasteiger charge is -2.31. The van der Waals surface area contributed by atoms with Crippen LogP contribution < -0.4 is 0 Å². The third-order valence-electron chi connectivity index (χ3n) is 3.15. The fraction of sp³-hybridized carbons (Fsp3) is 0.625. The SMILES string of the molecule is C=C1C2C3C[C@@H]1[C@@H]2C(=O)O3. The first kappa shape index (κ1) is 4.94. The van der Waals surface area contributed by atoms with E-state index in [-0.39, 0.29) is 18.0 Å². The third kappa shape index (κ3) is 0.285. The molecule has 10 heavy (non-hydrogen) atoms. The summed E-state index contributed by atoms with van der Waals surface area (Å²) in [4.78, 5) is 11.0. The van der Waals surface area contributed by atoms with E-state index in [0.29, 0.717) is 11.8 Å². The zero-order valence-electron chi connectivity index (χ0n) is 5.54. The number of esters is 1. The monoisotopic (exact) mass is 136 g/mol. The molecule has 2 heteroatoms. The summed E-state index contributed by atoms with van der Waals surface area (Å²) in [5.41, 5.74) is 1.26. The molecule has 0 aromatic rings. The normalized spacial score (nSPS) is 54.8. The van der Waals surface area contributed by atoms with Crippen LogP contribution in [0.2, 0.25) is 0 Å². The Hall–Kier alpha value is -0.790. The maximum absolute atomic E-state index is 11.0. The van der Waals surface area contributed by atoms with Gasteiger partial charge >= 0.3 is 5.97 Å². The zero-order valence-corrected chi connectivity index (χ0v) is 5.54. The molecule has 4 atom stereocenters. The summed E-state index contributed by atoms with van der Waals surface area (Å²) in [7, 11) is 0. The molecule has 0 aromatic carbocycles. The van der Waals surface area contributed by atoms with E-state index in [1.165, 1.54) is 5.57 Å². The lowest BCUT2D eigenvalue weighted by molar-refractivity contribution is -0.149. The summed E-state index contributed by atoms with van der Waals surface area (Å²) in [5, 5.41) is 0. The molecule has 0 spiro atoms. The number of hydrogen-bond acceptors (Lipinski definition) is 2. The minimum absolute atomic E-state index is 0.0265. The van der Waals surface area contributed by atoms with Crippen molar-refractivity contribution in [3.8, 4) is 0 Å². The molecule has 4 rings (SSSR count). The number of carbonyl (C=O) groups is 1. The summed E-state index contributed by atoms with van der Waals surface area (Å²) >= 11 is 0. The van der Waals surface area contributed by atoms with Gasteiger partial charge in [-0.2, -0.15) is 0 Å². The van der Waals surface area contributed by atoms with Crippen molar-refractivity contribution in [2.75, 3.05) is 0 Å². The molecular formula is C8H8O2. The summed E-state index contributed by atoms with van der Waals surface area (Å²) in [6.07, 6.45) is 1.27. The second-order valence-corrected chi connectivity index (χ2v) is 3.44. The molecule has 3 saturated carbocycles. The van der Waals surface area contributed by atoms with Crippen molar-refractivity contribution in [2.45, 2.75) is 12.5 Å². The molecule has 0 aromatic heterocycles. The molecule has 0 radical (unpaired) electrons. The average molecular weight is 136 g/mol. The van der Waals surface area contributed by atoms with E-state index in [0.717, 1.165) is 6.42 Å². The molecular weight excluding hydrogens is 128 g/mol. The number of ether oxygens (including phenoxy) is 1. The van der Waals surface area contributed by atoms with E-state index < -0.39 is 0 Å². The van der Waals surface area contributed by atoms with Gasteiger partial charge in [-0.1, -0.05) is 12.2 Å². The average Bonchev–Trinajstić information content (AvgIpc) is 2.46. The van der Waals surface area contributed by atoms with Crippen LogP contribution in [0, 0.1) is 17.8 Å². The molecule has 4 aliphatic rings. The largest absolute Gasteiger partial charge is 0.461 e. The van der Waals surface area contributed by atoms with E-state index in [4.69, 9.17) is 4.74 Å². The Kier molecular flexibility index (Phi) is 0.571. The van der Waals surface area contributed by atoms with Gasteiger partial charge in [-0.3, -0.25) is 4.79 Å². The van der Waals surface area contributed by atoms with Crippen LogP contribution in [0.25, 0.3) is 0 Å². The topological polar surface area (TPSA) is 26.3 Å². The second-order valence-electron chi connectivity index (χ2n) is 3.44. The molecule has 1 saturated heterocycles. The van der Waals surface area contributed by atoms with Crippen molar-refractivity contribution < 1.29 is 9.53 Å². The van der Waals surface area contributed by atoms with Crippen LogP contribution >= 0.6 is 0 Å². The molecule has 2 unspecified atom stereocenters. The van der Waals surface area contributed by atoms with E-state index in [2.05, 4.69) is 6.58 Å². The van der Waals surface area contributed by atoms with E-state index in [1.54, 1.807) is 0 Å². The molecule has 4 fully saturated rings. The Labute approximate surface area is 58.9 Å². The lowest BCUT2D eigenvalue weighted by atomic mass is 9.69. The fourth-order valence-corrected chi connectivity index (χ4v) is 2.67. The smallest absolute Gasteiger partial charge is 0.310 e. The molecule has 1 aliphatic heterocycles. The van der Waals surface area contributed by atoms with E-state index in [9.17, 15) is 4.79 Å². The number of hydrogen-bond donors (Lipinski definition) is 0. The van der Waals surface area contributed by atoms with Crippen molar-refractivity contribution in [3.63, 3.8) is 0 Å². The highest BCUT2D eigenvalue weighted by Crippen LogP contribution is 2.62. The second kappa shape index (κ2) is 1.16. The van der Waals surface area contributed by atoms with Crippen molar-refractivity contribution in [1.82, 2.24) is 0 Å². The van der Waals surface area contributed by atoms with Gasteiger partial charge < -0.3 is 4.74 Å². The minimum atomic E-state index is 0.0265. The zero-order chi connectivity index (χ0) is 6.88. The van der Waals surface area contributed by atoms with Crippen LogP contribution in [0.15, 0.2) is 12.2 Å². The maximum Gasteiger partial charge on any atom is 0.310 e. The van der Waals surface area contributed by atoms with Gasteiger partial charge in [-0.05, 0) is 12.3 Å². The highest BCUT2D eigenvalue weighted by molar-refractivity contribution is 5.81. The van der Waals surface area contributed by atoms with Crippen LogP contribution in [0.5, 0.6) is 0 Å². The van der Waals surface area contributed by atoms with Gasteiger partial charge in [0.05, 0.1) is 5.92 Å². The van der Waals surface area contributed by atoms with Crippen molar-refractivity contribution in [1.29, 1.82) is 0 Å². The van der Waals surface area contributed by atoms with Gasteiger partial charge in [0.1, 0.15) is 6.10 Å². The summed E-state index contributed by atoms with van der Waals surface area (Å²) < 4.78 is 5.08. The number of rotatable bonds is 0. The Morgan fingerprint density at radius 2 is 2.30 bits per heavy atom. The molecule has 2 nitrogen and oxygen atoms in total. The highest BCUT2D eigenvalue weighted by Gasteiger charge is 2.66. The molecule has 0 amide bonds. The Morgan fingerprint density at radius 3 is 2.80 bits per heavy atom. The van der Waals surface area contributed by atoms with Crippen molar-refractivity contribution in [3.05, 3.63) is 12.2 Å². The summed E-state index contributed by atoms with van der Waals surface area (Å²) in [6, 6.07) is 0. The standard InChI is InChI=1S/C8H8O2/c1-3-4-2-5-6(3)7(4)8(9)10-5/h4-7H,1-2H2/t4-,5?,6?,7-/m0/s1. The van der Waals surface area contributed by atoms with Crippen LogP contribution in [0.1, 0.15) is 6.42 Å². The van der Waals surface area contributed by atoms with Gasteiger partial charge in [0, 0.05) is 5.92 Å². The van der Waals surface area contributed by atoms with Crippen LogP contribution in [0.3, 0.4) is 0 Å². The fourth-order valence-electron chi connectivity index (χ4n) is 2.67. The van der Waals surface area contributed by atoms with Gasteiger partial charge in [0.15, 0.2) is 0 Å². The Bertz CT molecular complexity index is 236. The summed E-state index contributed by atoms with van der Waals surface area (Å²) in [5.74, 6) is 1.16. The van der Waals surface area contributed by atoms with Gasteiger partial charge in [0.2, 0.25) is 0 Å². The quantitative estimate of drug-likeness (QED) is 0.362. The predicted octanol–water partition coefficient (Wildman–Crippen LogP) is 0.734. The Morgan fingerprint density at radius 1 is 1.50 bits per heavy atom. The molecule has 1 heterocycles. The van der Waals surface area contributed by atoms with Gasteiger partial charge in [-0.15, -0.1) is 0 Å². The third-order valence-corrected chi connectivity index (χ3v) is 3.15.